The number of amides is 4. The molecule has 3 aromatic rings. The lowest BCUT2D eigenvalue weighted by Gasteiger charge is -2.54. The zero-order valence-electron chi connectivity index (χ0n) is 20.5. The molecule has 2 aliphatic rings. The molecule has 37 heavy (non-hydrogen) atoms. The minimum Gasteiger partial charge on any atom is -0.333 e. The lowest BCUT2D eigenvalue weighted by Crippen LogP contribution is -2.73. The number of likely N-dealkylation sites (N-methyl/N-ethyl adjacent to an activating group) is 1. The average molecular weight is 518 g/mol. The lowest BCUT2D eigenvalue weighted by atomic mass is 9.98. The summed E-state index contributed by atoms with van der Waals surface area (Å²) in [5.41, 5.74) is 2.46. The summed E-state index contributed by atoms with van der Waals surface area (Å²) in [5, 5.41) is 6.70. The third kappa shape index (κ3) is 5.03. The molecule has 0 unspecified atom stereocenters. The van der Waals surface area contributed by atoms with Gasteiger partial charge in [-0.05, 0) is 22.8 Å². The van der Waals surface area contributed by atoms with E-state index in [-0.39, 0.29) is 37.5 Å². The molecule has 0 aromatic heterocycles. The number of hydrazine groups is 1. The summed E-state index contributed by atoms with van der Waals surface area (Å²) in [5.74, 6) is -0.413. The standard InChI is InChI=1S/C28H28ClN5O3/c1-31-19-25(35)33-24(34(31)28(37)30-16-20-10-4-2-5-11-20)18-32(17-22-14-8-9-15-23(22)29)27(36)26(33)21-12-6-3-7-13-21/h2-15,24,26H,16-19H2,1H3,(H,30,37)/t24-,26-/m0/s1. The summed E-state index contributed by atoms with van der Waals surface area (Å²) in [6, 6.07) is 25.0. The van der Waals surface area contributed by atoms with E-state index in [1.54, 1.807) is 32.9 Å². The molecule has 0 radical (unpaired) electrons. The summed E-state index contributed by atoms with van der Waals surface area (Å²) in [6.07, 6.45) is -0.688. The van der Waals surface area contributed by atoms with Crippen molar-refractivity contribution in [1.29, 1.82) is 0 Å². The van der Waals surface area contributed by atoms with Crippen LogP contribution in [0.5, 0.6) is 0 Å². The van der Waals surface area contributed by atoms with Crippen LogP contribution in [0, 0.1) is 0 Å². The quantitative estimate of drug-likeness (QED) is 0.560. The molecule has 1 N–H and O–H groups in total. The highest BCUT2D eigenvalue weighted by molar-refractivity contribution is 6.31. The maximum atomic E-state index is 13.9. The zero-order valence-corrected chi connectivity index (χ0v) is 21.2. The van der Waals surface area contributed by atoms with E-state index in [9.17, 15) is 14.4 Å². The molecule has 5 rings (SSSR count). The highest BCUT2D eigenvalue weighted by Gasteiger charge is 2.51. The van der Waals surface area contributed by atoms with Gasteiger partial charge in [0.25, 0.3) is 5.91 Å². The fourth-order valence-electron chi connectivity index (χ4n) is 4.98. The van der Waals surface area contributed by atoms with Crippen molar-refractivity contribution in [2.45, 2.75) is 25.3 Å². The van der Waals surface area contributed by atoms with Crippen molar-refractivity contribution in [3.63, 3.8) is 0 Å². The number of hydrogen-bond donors (Lipinski definition) is 1. The first-order valence-electron chi connectivity index (χ1n) is 12.1. The Bertz CT molecular complexity index is 1290. The van der Waals surface area contributed by atoms with Gasteiger partial charge in [0, 0.05) is 25.2 Å². The molecule has 2 saturated heterocycles. The minimum atomic E-state index is -0.854. The normalized spacial score (nSPS) is 20.1. The van der Waals surface area contributed by atoms with Crippen molar-refractivity contribution in [1.82, 2.24) is 25.1 Å². The van der Waals surface area contributed by atoms with E-state index >= 15 is 0 Å². The van der Waals surface area contributed by atoms with Crippen molar-refractivity contribution in [2.24, 2.45) is 0 Å². The number of fused-ring (bicyclic) bond motifs is 1. The molecule has 8 nitrogen and oxygen atoms in total. The summed E-state index contributed by atoms with van der Waals surface area (Å²) in [4.78, 5) is 44.0. The first-order valence-corrected chi connectivity index (χ1v) is 12.5. The van der Waals surface area contributed by atoms with Crippen LogP contribution in [0.2, 0.25) is 5.02 Å². The van der Waals surface area contributed by atoms with Crippen LogP contribution in [0.15, 0.2) is 84.9 Å². The molecule has 3 aromatic carbocycles. The van der Waals surface area contributed by atoms with E-state index in [2.05, 4.69) is 5.32 Å². The van der Waals surface area contributed by atoms with Gasteiger partial charge in [-0.15, -0.1) is 0 Å². The van der Waals surface area contributed by atoms with Gasteiger partial charge in [-0.2, -0.15) is 0 Å². The van der Waals surface area contributed by atoms with Gasteiger partial charge in [0.15, 0.2) is 0 Å². The fourth-order valence-corrected chi connectivity index (χ4v) is 5.18. The number of piperazine rings is 1. The summed E-state index contributed by atoms with van der Waals surface area (Å²) in [6.45, 7) is 0.747. The van der Waals surface area contributed by atoms with Crippen molar-refractivity contribution in [3.8, 4) is 0 Å². The van der Waals surface area contributed by atoms with Gasteiger partial charge in [-0.3, -0.25) is 9.59 Å². The Morgan fingerprint density at radius 1 is 0.946 bits per heavy atom. The van der Waals surface area contributed by atoms with E-state index in [1.165, 1.54) is 0 Å². The van der Waals surface area contributed by atoms with Gasteiger partial charge in [0.05, 0.1) is 13.1 Å². The Kier molecular flexibility index (Phi) is 7.12. The summed E-state index contributed by atoms with van der Waals surface area (Å²) >= 11 is 6.42. The molecule has 2 fully saturated rings. The maximum absolute atomic E-state index is 13.9. The maximum Gasteiger partial charge on any atom is 0.334 e. The van der Waals surface area contributed by atoms with Crippen LogP contribution >= 0.6 is 11.6 Å². The van der Waals surface area contributed by atoms with Crippen LogP contribution in [-0.2, 0) is 22.7 Å². The van der Waals surface area contributed by atoms with E-state index < -0.39 is 12.2 Å². The molecule has 2 heterocycles. The number of halogens is 1. The summed E-state index contributed by atoms with van der Waals surface area (Å²) < 4.78 is 0. The van der Waals surface area contributed by atoms with Crippen LogP contribution < -0.4 is 5.32 Å². The number of carbonyl (C=O) groups is 3. The van der Waals surface area contributed by atoms with Crippen molar-refractivity contribution in [2.75, 3.05) is 20.1 Å². The van der Waals surface area contributed by atoms with Gasteiger partial charge < -0.3 is 15.1 Å². The van der Waals surface area contributed by atoms with E-state index in [4.69, 9.17) is 11.6 Å². The molecule has 9 heteroatoms. The highest BCUT2D eigenvalue weighted by Crippen LogP contribution is 2.35. The van der Waals surface area contributed by atoms with E-state index in [1.807, 2.05) is 78.9 Å². The monoisotopic (exact) mass is 517 g/mol. The third-order valence-electron chi connectivity index (χ3n) is 6.76. The van der Waals surface area contributed by atoms with Crippen molar-refractivity contribution >= 4 is 29.4 Å². The number of rotatable bonds is 5. The third-order valence-corrected chi connectivity index (χ3v) is 7.13. The smallest absolute Gasteiger partial charge is 0.333 e. The predicted octanol–water partition coefficient (Wildman–Crippen LogP) is 3.65. The van der Waals surface area contributed by atoms with Crippen LogP contribution in [0.25, 0.3) is 0 Å². The highest BCUT2D eigenvalue weighted by atomic mass is 35.5. The fraction of sp³-hybridized carbons (Fsp3) is 0.250. The van der Waals surface area contributed by atoms with Crippen molar-refractivity contribution in [3.05, 3.63) is 107 Å². The number of hydrogen-bond acceptors (Lipinski definition) is 4. The molecule has 0 saturated carbocycles. The Labute approximate surface area is 221 Å². The van der Waals surface area contributed by atoms with Crippen LogP contribution in [0.3, 0.4) is 0 Å². The molecule has 2 atom stereocenters. The Morgan fingerprint density at radius 2 is 1.59 bits per heavy atom. The van der Waals surface area contributed by atoms with Crippen LogP contribution in [0.4, 0.5) is 4.79 Å². The molecule has 0 bridgehead atoms. The molecule has 0 aliphatic carbocycles. The Balaban J connectivity index is 1.49. The second-order valence-electron chi connectivity index (χ2n) is 9.21. The number of benzene rings is 3. The van der Waals surface area contributed by atoms with E-state index in [0.29, 0.717) is 17.1 Å². The van der Waals surface area contributed by atoms with Gasteiger partial charge in [0.1, 0.15) is 12.2 Å². The van der Waals surface area contributed by atoms with E-state index in [0.717, 1.165) is 11.1 Å². The Morgan fingerprint density at radius 3 is 2.30 bits per heavy atom. The molecular weight excluding hydrogens is 490 g/mol. The van der Waals surface area contributed by atoms with Crippen LogP contribution in [0.1, 0.15) is 22.7 Å². The van der Waals surface area contributed by atoms with Crippen molar-refractivity contribution < 1.29 is 14.4 Å². The number of nitrogens with zero attached hydrogens (tertiary/aromatic N) is 4. The first kappa shape index (κ1) is 24.8. The topological polar surface area (TPSA) is 76.2 Å². The Hall–Kier alpha value is -3.88. The average Bonchev–Trinajstić information content (AvgIpc) is 2.90. The zero-order chi connectivity index (χ0) is 25.9. The number of urea groups is 1. The number of carbonyl (C=O) groups excluding carboxylic acids is 3. The summed E-state index contributed by atoms with van der Waals surface area (Å²) in [7, 11) is 1.71. The second-order valence-corrected chi connectivity index (χ2v) is 9.62. The van der Waals surface area contributed by atoms with Gasteiger partial charge in [-0.25, -0.2) is 14.8 Å². The SMILES string of the molecule is CN1CC(=O)N2[C@@H](c3ccccc3)C(=O)N(Cc3ccccc3Cl)C[C@@H]2N1C(=O)NCc1ccccc1. The molecular formula is C28H28ClN5O3. The molecule has 190 valence electrons. The predicted molar refractivity (Wildman–Crippen MR) is 140 cm³/mol. The molecule has 0 spiro atoms. The lowest BCUT2D eigenvalue weighted by molar-refractivity contribution is -0.188. The van der Waals surface area contributed by atoms with Gasteiger partial charge >= 0.3 is 6.03 Å². The second kappa shape index (κ2) is 10.6. The molecule has 4 amide bonds. The largest absolute Gasteiger partial charge is 0.334 e. The van der Waals surface area contributed by atoms with Gasteiger partial charge in [-0.1, -0.05) is 90.5 Å². The van der Waals surface area contributed by atoms with Crippen LogP contribution in [-0.4, -0.2) is 64.0 Å². The number of nitrogens with one attached hydrogen (secondary N) is 1. The van der Waals surface area contributed by atoms with Gasteiger partial charge in [0.2, 0.25) is 5.91 Å². The minimum absolute atomic E-state index is 0.0175. The first-order chi connectivity index (χ1) is 17.9. The molecule has 2 aliphatic heterocycles.